The van der Waals surface area contributed by atoms with Crippen molar-refractivity contribution in [1.29, 1.82) is 0 Å². The molecule has 0 atom stereocenters. The lowest BCUT2D eigenvalue weighted by atomic mass is 10.1. The van der Waals surface area contributed by atoms with Crippen LogP contribution in [0.4, 0.5) is 0 Å². The topological polar surface area (TPSA) is 6.48 Å². The van der Waals surface area contributed by atoms with E-state index in [1.165, 1.54) is 11.1 Å². The molecule has 2 nitrogen and oxygen atoms in total. The lowest BCUT2D eigenvalue weighted by molar-refractivity contribution is 0.210. The highest BCUT2D eigenvalue weighted by molar-refractivity contribution is 8.22. The molecular weight excluding hydrogens is 308 g/mol. The Hall–Kier alpha value is -1.36. The number of thiocarbonyl (C=S) groups is 1. The van der Waals surface area contributed by atoms with Crippen LogP contribution in [0.25, 0.3) is 0 Å². The van der Waals surface area contributed by atoms with E-state index < -0.39 is 0 Å². The van der Waals surface area contributed by atoms with Crippen LogP contribution in [0.2, 0.25) is 0 Å². The van der Waals surface area contributed by atoms with Gasteiger partial charge in [-0.1, -0.05) is 84.6 Å². The Morgan fingerprint density at radius 1 is 0.909 bits per heavy atom. The Kier molecular flexibility index (Phi) is 5.48. The van der Waals surface area contributed by atoms with Crippen molar-refractivity contribution < 1.29 is 0 Å². The van der Waals surface area contributed by atoms with E-state index >= 15 is 0 Å². The maximum atomic E-state index is 5.52. The van der Waals surface area contributed by atoms with Crippen LogP contribution in [-0.4, -0.2) is 33.2 Å². The summed E-state index contributed by atoms with van der Waals surface area (Å²) in [5.41, 5.74) is 2.71. The van der Waals surface area contributed by atoms with Gasteiger partial charge in [-0.3, -0.25) is 4.90 Å². The Bertz CT molecular complexity index is 601. The van der Waals surface area contributed by atoms with Crippen molar-refractivity contribution in [2.24, 2.45) is 0 Å². The number of thioether (sulfide) groups is 1. The summed E-state index contributed by atoms with van der Waals surface area (Å²) >= 11 is 7.29. The first-order chi connectivity index (χ1) is 10.8. The van der Waals surface area contributed by atoms with Crippen LogP contribution in [0.5, 0.6) is 0 Å². The Morgan fingerprint density at radius 3 is 2.23 bits per heavy atom. The first-order valence-electron chi connectivity index (χ1n) is 7.53. The minimum absolute atomic E-state index is 0.897. The highest BCUT2D eigenvalue weighted by Crippen LogP contribution is 2.21. The zero-order valence-electron chi connectivity index (χ0n) is 12.5. The molecule has 2 aromatic carbocycles. The van der Waals surface area contributed by atoms with Crippen LogP contribution >= 0.6 is 24.0 Å². The van der Waals surface area contributed by atoms with Gasteiger partial charge in [0.05, 0.1) is 12.5 Å². The van der Waals surface area contributed by atoms with Gasteiger partial charge in [-0.15, -0.1) is 0 Å². The summed E-state index contributed by atoms with van der Waals surface area (Å²) in [7, 11) is 0. The van der Waals surface area contributed by atoms with Gasteiger partial charge >= 0.3 is 0 Å². The lowest BCUT2D eigenvalue weighted by Gasteiger charge is -2.36. The molecule has 1 aliphatic heterocycles. The molecule has 2 aromatic rings. The highest BCUT2D eigenvalue weighted by atomic mass is 32.2. The van der Waals surface area contributed by atoms with Crippen LogP contribution in [0, 0.1) is 0 Å². The molecule has 0 radical (unpaired) electrons. The van der Waals surface area contributed by atoms with Gasteiger partial charge in [0.2, 0.25) is 0 Å². The summed E-state index contributed by atoms with van der Waals surface area (Å²) in [6.07, 6.45) is 1.09. The Balaban J connectivity index is 1.55. The monoisotopic (exact) mass is 328 g/mol. The number of rotatable bonds is 5. The minimum Gasteiger partial charge on any atom is -0.340 e. The smallest absolute Gasteiger partial charge is 0.138 e. The molecule has 1 aliphatic rings. The molecule has 0 aromatic heterocycles. The molecule has 0 bridgehead atoms. The van der Waals surface area contributed by atoms with Gasteiger partial charge < -0.3 is 4.90 Å². The van der Waals surface area contributed by atoms with E-state index in [0.717, 1.165) is 36.4 Å². The molecule has 0 spiro atoms. The average molecular weight is 329 g/mol. The number of benzene rings is 2. The first kappa shape index (κ1) is 15.5. The Morgan fingerprint density at radius 2 is 1.55 bits per heavy atom. The van der Waals surface area contributed by atoms with Crippen molar-refractivity contribution in [1.82, 2.24) is 9.80 Å². The summed E-state index contributed by atoms with van der Waals surface area (Å²) < 4.78 is 1.01. The summed E-state index contributed by atoms with van der Waals surface area (Å²) in [6.45, 7) is 2.90. The standard InChI is InChI=1S/C18H20N2S2/c21-18-20(13-17-9-5-2-6-10-17)14-19(15-22-18)12-11-16-7-3-1-4-8-16/h1-10H,11-15H2. The van der Waals surface area contributed by atoms with Gasteiger partial charge in [-0.25, -0.2) is 0 Å². The van der Waals surface area contributed by atoms with Crippen molar-refractivity contribution in [3.63, 3.8) is 0 Å². The number of hydrogen-bond acceptors (Lipinski definition) is 3. The third-order valence-corrected chi connectivity index (χ3v) is 5.39. The summed E-state index contributed by atoms with van der Waals surface area (Å²) in [4.78, 5) is 4.76. The maximum absolute atomic E-state index is 5.52. The Labute approximate surface area is 142 Å². The van der Waals surface area contributed by atoms with E-state index in [1.54, 1.807) is 11.8 Å². The lowest BCUT2D eigenvalue weighted by Crippen LogP contribution is -2.44. The first-order valence-corrected chi connectivity index (χ1v) is 8.92. The van der Waals surface area contributed by atoms with Gasteiger partial charge in [0, 0.05) is 13.1 Å². The normalized spacial score (nSPS) is 16.0. The van der Waals surface area contributed by atoms with Gasteiger partial charge in [-0.2, -0.15) is 0 Å². The van der Waals surface area contributed by atoms with Gasteiger partial charge in [-0.05, 0) is 17.5 Å². The number of nitrogens with zero attached hydrogens (tertiary/aromatic N) is 2. The average Bonchev–Trinajstić information content (AvgIpc) is 2.57. The van der Waals surface area contributed by atoms with Crippen LogP contribution in [0.1, 0.15) is 11.1 Å². The second kappa shape index (κ2) is 7.77. The molecule has 0 N–H and O–H groups in total. The van der Waals surface area contributed by atoms with Crippen molar-refractivity contribution in [2.45, 2.75) is 13.0 Å². The van der Waals surface area contributed by atoms with E-state index in [1.807, 2.05) is 0 Å². The fraction of sp³-hybridized carbons (Fsp3) is 0.278. The molecule has 0 unspecified atom stereocenters. The predicted molar refractivity (Wildman–Crippen MR) is 98.8 cm³/mol. The third-order valence-electron chi connectivity index (χ3n) is 3.78. The van der Waals surface area contributed by atoms with E-state index in [-0.39, 0.29) is 0 Å². The van der Waals surface area contributed by atoms with Crippen molar-refractivity contribution in [2.75, 3.05) is 19.1 Å². The summed E-state index contributed by atoms with van der Waals surface area (Å²) in [5.74, 6) is 0.997. The second-order valence-electron chi connectivity index (χ2n) is 5.49. The van der Waals surface area contributed by atoms with Crippen molar-refractivity contribution >= 4 is 28.3 Å². The van der Waals surface area contributed by atoms with Crippen molar-refractivity contribution in [3.05, 3.63) is 71.8 Å². The molecule has 1 heterocycles. The summed E-state index contributed by atoms with van der Waals surface area (Å²) in [5, 5.41) is 0. The second-order valence-corrected chi connectivity index (χ2v) is 7.07. The van der Waals surface area contributed by atoms with E-state index in [2.05, 4.69) is 70.5 Å². The largest absolute Gasteiger partial charge is 0.340 e. The van der Waals surface area contributed by atoms with Crippen LogP contribution < -0.4 is 0 Å². The highest BCUT2D eigenvalue weighted by Gasteiger charge is 2.21. The predicted octanol–water partition coefficient (Wildman–Crippen LogP) is 3.98. The van der Waals surface area contributed by atoms with Gasteiger partial charge in [0.15, 0.2) is 0 Å². The number of hydrogen-bond donors (Lipinski definition) is 0. The zero-order valence-corrected chi connectivity index (χ0v) is 14.2. The van der Waals surface area contributed by atoms with E-state index in [4.69, 9.17) is 12.2 Å². The molecule has 3 rings (SSSR count). The SMILES string of the molecule is S=C1SCN(CCc2ccccc2)CN1Cc1ccccc1. The maximum Gasteiger partial charge on any atom is 0.138 e. The third kappa shape index (κ3) is 4.32. The van der Waals surface area contributed by atoms with E-state index in [0.29, 0.717) is 0 Å². The van der Waals surface area contributed by atoms with Gasteiger partial charge in [0.25, 0.3) is 0 Å². The molecule has 22 heavy (non-hydrogen) atoms. The minimum atomic E-state index is 0.897. The molecule has 0 saturated carbocycles. The fourth-order valence-electron chi connectivity index (χ4n) is 2.56. The fourth-order valence-corrected chi connectivity index (χ4v) is 3.65. The quantitative estimate of drug-likeness (QED) is 0.766. The molecule has 114 valence electrons. The zero-order chi connectivity index (χ0) is 15.2. The molecule has 0 amide bonds. The molecule has 1 saturated heterocycles. The van der Waals surface area contributed by atoms with Crippen molar-refractivity contribution in [3.8, 4) is 0 Å². The van der Waals surface area contributed by atoms with E-state index in [9.17, 15) is 0 Å². The van der Waals surface area contributed by atoms with Gasteiger partial charge in [0.1, 0.15) is 4.32 Å². The van der Waals surface area contributed by atoms with Crippen LogP contribution in [0.15, 0.2) is 60.7 Å². The van der Waals surface area contributed by atoms with Crippen LogP contribution in [-0.2, 0) is 13.0 Å². The summed E-state index contributed by atoms with van der Waals surface area (Å²) in [6, 6.07) is 21.2. The molecular formula is C18H20N2S2. The molecule has 4 heteroatoms. The molecule has 1 fully saturated rings. The molecule has 0 aliphatic carbocycles. The van der Waals surface area contributed by atoms with Crippen LogP contribution in [0.3, 0.4) is 0 Å².